The van der Waals surface area contributed by atoms with Crippen LogP contribution in [-0.2, 0) is 4.79 Å². The number of aliphatic hydroxyl groups is 1. The van der Waals surface area contributed by atoms with E-state index in [1.807, 2.05) is 6.92 Å². The van der Waals surface area contributed by atoms with Crippen molar-refractivity contribution in [3.05, 3.63) is 11.8 Å². The minimum absolute atomic E-state index is 0.0407. The monoisotopic (exact) mass is 157 g/mol. The van der Waals surface area contributed by atoms with Gasteiger partial charge in [-0.2, -0.15) is 0 Å². The number of carbonyl (C=O) groups is 1. The van der Waals surface area contributed by atoms with Gasteiger partial charge < -0.3 is 10.4 Å². The lowest BCUT2D eigenvalue weighted by Gasteiger charge is -2.03. The van der Waals surface area contributed by atoms with Crippen LogP contribution < -0.4 is 5.32 Å². The van der Waals surface area contributed by atoms with Crippen molar-refractivity contribution >= 4 is 5.78 Å². The van der Waals surface area contributed by atoms with Gasteiger partial charge in [0.25, 0.3) is 0 Å². The average molecular weight is 157 g/mol. The highest BCUT2D eigenvalue weighted by Gasteiger charge is 1.89. The summed E-state index contributed by atoms with van der Waals surface area (Å²) in [6.45, 7) is 4.24. The third kappa shape index (κ3) is 7.06. The van der Waals surface area contributed by atoms with Crippen molar-refractivity contribution in [2.75, 3.05) is 13.2 Å². The van der Waals surface area contributed by atoms with E-state index in [0.717, 1.165) is 5.70 Å². The van der Waals surface area contributed by atoms with Gasteiger partial charge in [-0.25, -0.2) is 0 Å². The molecule has 0 bridgehead atoms. The smallest absolute Gasteiger partial charge is 0.154 e. The fourth-order valence-electron chi connectivity index (χ4n) is 0.721. The number of nitrogens with one attached hydrogen (secondary N) is 1. The Morgan fingerprint density at radius 1 is 1.55 bits per heavy atom. The highest BCUT2D eigenvalue weighted by Crippen LogP contribution is 1.87. The molecular formula is C8H15NO2. The molecule has 3 heteroatoms. The van der Waals surface area contributed by atoms with Gasteiger partial charge in [-0.1, -0.05) is 0 Å². The number of rotatable bonds is 5. The molecule has 0 aromatic carbocycles. The zero-order valence-corrected chi connectivity index (χ0v) is 7.05. The minimum atomic E-state index is 0.0407. The third-order valence-electron chi connectivity index (χ3n) is 1.16. The maximum atomic E-state index is 10.5. The van der Waals surface area contributed by atoms with E-state index in [4.69, 9.17) is 5.11 Å². The number of allylic oxidation sites excluding steroid dienone is 2. The van der Waals surface area contributed by atoms with Crippen molar-refractivity contribution in [3.63, 3.8) is 0 Å². The second-order valence-corrected chi connectivity index (χ2v) is 2.44. The molecule has 0 atom stereocenters. The van der Waals surface area contributed by atoms with Gasteiger partial charge in [0.05, 0.1) is 0 Å². The van der Waals surface area contributed by atoms with Crippen LogP contribution in [0.5, 0.6) is 0 Å². The first kappa shape index (κ1) is 10.2. The molecule has 0 amide bonds. The highest BCUT2D eigenvalue weighted by molar-refractivity contribution is 5.87. The topological polar surface area (TPSA) is 49.3 Å². The predicted molar refractivity (Wildman–Crippen MR) is 44.1 cm³/mol. The van der Waals surface area contributed by atoms with Crippen LogP contribution in [0.4, 0.5) is 0 Å². The molecule has 0 fully saturated rings. The molecule has 0 saturated heterocycles. The van der Waals surface area contributed by atoms with Gasteiger partial charge in [0.15, 0.2) is 5.78 Å². The van der Waals surface area contributed by atoms with Gasteiger partial charge >= 0.3 is 0 Å². The van der Waals surface area contributed by atoms with Gasteiger partial charge in [0.1, 0.15) is 0 Å². The Bertz CT molecular complexity index is 152. The van der Waals surface area contributed by atoms with Crippen molar-refractivity contribution in [2.45, 2.75) is 20.3 Å². The molecule has 0 unspecified atom stereocenters. The van der Waals surface area contributed by atoms with E-state index in [-0.39, 0.29) is 12.4 Å². The molecule has 0 heterocycles. The molecular weight excluding hydrogens is 142 g/mol. The van der Waals surface area contributed by atoms with Crippen LogP contribution in [0.15, 0.2) is 11.8 Å². The van der Waals surface area contributed by atoms with E-state index >= 15 is 0 Å². The van der Waals surface area contributed by atoms with Gasteiger partial charge in [-0.05, 0) is 26.3 Å². The van der Waals surface area contributed by atoms with Gasteiger partial charge in [-0.15, -0.1) is 0 Å². The number of hydrogen-bond acceptors (Lipinski definition) is 3. The molecule has 2 N–H and O–H groups in total. The molecule has 64 valence electrons. The summed E-state index contributed by atoms with van der Waals surface area (Å²) in [4.78, 5) is 10.5. The lowest BCUT2D eigenvalue weighted by molar-refractivity contribution is -0.112. The number of hydrogen-bond donors (Lipinski definition) is 2. The zero-order chi connectivity index (χ0) is 8.69. The number of aliphatic hydroxyl groups excluding tert-OH is 1. The standard InChI is InChI=1S/C8H15NO2/c1-7(6-8(2)11)9-4-3-5-10/h6,9-10H,3-5H2,1-2H3/b7-6+. The zero-order valence-electron chi connectivity index (χ0n) is 7.05. The first-order chi connectivity index (χ1) is 5.16. The van der Waals surface area contributed by atoms with Crippen molar-refractivity contribution in [3.8, 4) is 0 Å². The van der Waals surface area contributed by atoms with E-state index < -0.39 is 0 Å². The maximum absolute atomic E-state index is 10.5. The average Bonchev–Trinajstić information content (AvgIpc) is 1.86. The van der Waals surface area contributed by atoms with Gasteiger partial charge in [-0.3, -0.25) is 4.79 Å². The van der Waals surface area contributed by atoms with Gasteiger partial charge in [0, 0.05) is 18.8 Å². The Hall–Kier alpha value is -0.830. The summed E-state index contributed by atoms with van der Waals surface area (Å²) in [5.74, 6) is 0.0407. The molecule has 3 nitrogen and oxygen atoms in total. The molecule has 0 radical (unpaired) electrons. The lowest BCUT2D eigenvalue weighted by atomic mass is 10.3. The molecule has 0 aliphatic heterocycles. The fraction of sp³-hybridized carbons (Fsp3) is 0.625. The first-order valence-electron chi connectivity index (χ1n) is 3.70. The largest absolute Gasteiger partial charge is 0.396 e. The Kier molecular flexibility index (Phi) is 5.47. The lowest BCUT2D eigenvalue weighted by Crippen LogP contribution is -2.14. The summed E-state index contributed by atoms with van der Waals surface area (Å²) in [6, 6.07) is 0. The normalized spacial score (nSPS) is 11.4. The number of carbonyl (C=O) groups excluding carboxylic acids is 1. The first-order valence-corrected chi connectivity index (χ1v) is 3.70. The SMILES string of the molecule is CC(=O)/C=C(\C)NCCCO. The van der Waals surface area contributed by atoms with Crippen LogP contribution in [0.3, 0.4) is 0 Å². The van der Waals surface area contributed by atoms with Crippen molar-refractivity contribution in [1.82, 2.24) is 5.32 Å². The summed E-state index contributed by atoms with van der Waals surface area (Å²) in [7, 11) is 0. The minimum Gasteiger partial charge on any atom is -0.396 e. The molecule has 0 aliphatic rings. The number of ketones is 1. The summed E-state index contributed by atoms with van der Waals surface area (Å²) in [5.41, 5.74) is 0.853. The Balaban J connectivity index is 3.51. The van der Waals surface area contributed by atoms with E-state index in [1.54, 1.807) is 0 Å². The predicted octanol–water partition coefficient (Wildman–Crippen LogP) is 0.451. The fourth-order valence-corrected chi connectivity index (χ4v) is 0.721. The van der Waals surface area contributed by atoms with Crippen LogP contribution in [0.2, 0.25) is 0 Å². The van der Waals surface area contributed by atoms with E-state index in [9.17, 15) is 4.79 Å². The van der Waals surface area contributed by atoms with E-state index in [0.29, 0.717) is 13.0 Å². The molecule has 0 rings (SSSR count). The Labute approximate surface area is 67.1 Å². The molecule has 0 saturated carbocycles. The summed E-state index contributed by atoms with van der Waals surface area (Å²) >= 11 is 0. The molecule has 0 aliphatic carbocycles. The van der Waals surface area contributed by atoms with Crippen LogP contribution in [0.25, 0.3) is 0 Å². The second kappa shape index (κ2) is 5.92. The summed E-state index contributed by atoms with van der Waals surface area (Å²) in [5, 5.41) is 11.4. The van der Waals surface area contributed by atoms with E-state index in [2.05, 4.69) is 5.32 Å². The molecule has 11 heavy (non-hydrogen) atoms. The summed E-state index contributed by atoms with van der Waals surface area (Å²) < 4.78 is 0. The highest BCUT2D eigenvalue weighted by atomic mass is 16.3. The van der Waals surface area contributed by atoms with Crippen molar-refractivity contribution < 1.29 is 9.90 Å². The van der Waals surface area contributed by atoms with Crippen LogP contribution in [0.1, 0.15) is 20.3 Å². The summed E-state index contributed by atoms with van der Waals surface area (Å²) in [6.07, 6.45) is 2.25. The van der Waals surface area contributed by atoms with Crippen LogP contribution >= 0.6 is 0 Å². The molecule has 0 spiro atoms. The van der Waals surface area contributed by atoms with E-state index in [1.165, 1.54) is 13.0 Å². The van der Waals surface area contributed by atoms with Crippen molar-refractivity contribution in [1.29, 1.82) is 0 Å². The van der Waals surface area contributed by atoms with Crippen LogP contribution in [0, 0.1) is 0 Å². The van der Waals surface area contributed by atoms with Crippen molar-refractivity contribution in [2.24, 2.45) is 0 Å². The third-order valence-corrected chi connectivity index (χ3v) is 1.16. The maximum Gasteiger partial charge on any atom is 0.154 e. The molecule has 0 aromatic rings. The second-order valence-electron chi connectivity index (χ2n) is 2.44. The Morgan fingerprint density at radius 2 is 2.18 bits per heavy atom. The molecule has 0 aromatic heterocycles. The van der Waals surface area contributed by atoms with Crippen LogP contribution in [-0.4, -0.2) is 24.0 Å². The quantitative estimate of drug-likeness (QED) is 0.450. The Morgan fingerprint density at radius 3 is 2.64 bits per heavy atom. The van der Waals surface area contributed by atoms with Gasteiger partial charge in [0.2, 0.25) is 0 Å².